The summed E-state index contributed by atoms with van der Waals surface area (Å²) in [5.41, 5.74) is 1.33. The zero-order valence-electron chi connectivity index (χ0n) is 8.78. The lowest BCUT2D eigenvalue weighted by Gasteiger charge is -2.04. The van der Waals surface area contributed by atoms with E-state index in [1.807, 2.05) is 0 Å². The Bertz CT molecular complexity index is 289. The van der Waals surface area contributed by atoms with Gasteiger partial charge in [-0.05, 0) is 69.5 Å². The van der Waals surface area contributed by atoms with Crippen LogP contribution in [0.3, 0.4) is 0 Å². The second-order valence-electron chi connectivity index (χ2n) is 3.23. The second kappa shape index (κ2) is 7.79. The highest BCUT2D eigenvalue weighted by atomic mass is 79.9. The largest absolute Gasteiger partial charge is 0.317 e. The van der Waals surface area contributed by atoms with Gasteiger partial charge in [-0.25, -0.2) is 0 Å². The molecule has 2 nitrogen and oxygen atoms in total. The van der Waals surface area contributed by atoms with E-state index in [0.29, 0.717) is 0 Å². The molecule has 0 fully saturated rings. The van der Waals surface area contributed by atoms with Gasteiger partial charge in [0.25, 0.3) is 0 Å². The van der Waals surface area contributed by atoms with Crippen LogP contribution < -0.4 is 10.6 Å². The Kier molecular flexibility index (Phi) is 7.08. The summed E-state index contributed by atoms with van der Waals surface area (Å²) < 4.78 is 2.40. The van der Waals surface area contributed by atoms with E-state index in [2.05, 4.69) is 55.5 Å². The summed E-state index contributed by atoms with van der Waals surface area (Å²) in [5, 5.41) is 6.74. The number of hydrogen-bond acceptors (Lipinski definition) is 3. The van der Waals surface area contributed by atoms with Gasteiger partial charge in [-0.1, -0.05) is 6.92 Å². The molecule has 5 heteroatoms. The summed E-state index contributed by atoms with van der Waals surface area (Å²) in [6, 6.07) is 2.16. The molecule has 0 unspecified atom stereocenters. The van der Waals surface area contributed by atoms with E-state index in [4.69, 9.17) is 0 Å². The van der Waals surface area contributed by atoms with E-state index < -0.39 is 0 Å². The van der Waals surface area contributed by atoms with E-state index >= 15 is 0 Å². The van der Waals surface area contributed by atoms with Crippen LogP contribution in [-0.2, 0) is 6.54 Å². The minimum Gasteiger partial charge on any atom is -0.317 e. The lowest BCUT2D eigenvalue weighted by Crippen LogP contribution is -2.21. The SMILES string of the molecule is CCNCCCNCc1cc(Br)sc1Br. The first-order valence-electron chi connectivity index (χ1n) is 5.09. The van der Waals surface area contributed by atoms with Gasteiger partial charge >= 0.3 is 0 Å². The molecule has 0 bridgehead atoms. The molecule has 0 saturated carbocycles. The molecule has 0 aromatic carbocycles. The Morgan fingerprint density at radius 2 is 2.00 bits per heavy atom. The Morgan fingerprint density at radius 3 is 2.60 bits per heavy atom. The number of halogens is 2. The van der Waals surface area contributed by atoms with Crippen molar-refractivity contribution in [2.45, 2.75) is 19.9 Å². The van der Waals surface area contributed by atoms with Crippen LogP contribution >= 0.6 is 43.2 Å². The summed E-state index contributed by atoms with van der Waals surface area (Å²) in [6.45, 7) is 6.29. The first-order chi connectivity index (χ1) is 7.24. The molecule has 1 heterocycles. The molecule has 1 aromatic heterocycles. The van der Waals surface area contributed by atoms with Gasteiger partial charge in [-0.2, -0.15) is 0 Å². The molecule has 0 atom stereocenters. The van der Waals surface area contributed by atoms with Crippen LogP contribution in [0.4, 0.5) is 0 Å². The molecular weight excluding hydrogens is 340 g/mol. The molecule has 0 aliphatic rings. The average molecular weight is 356 g/mol. The van der Waals surface area contributed by atoms with Gasteiger partial charge < -0.3 is 10.6 Å². The number of nitrogens with one attached hydrogen (secondary N) is 2. The molecule has 0 saturated heterocycles. The molecular formula is C10H16Br2N2S. The quantitative estimate of drug-likeness (QED) is 0.733. The van der Waals surface area contributed by atoms with Gasteiger partial charge in [0.15, 0.2) is 0 Å². The van der Waals surface area contributed by atoms with Crippen molar-refractivity contribution in [2.75, 3.05) is 19.6 Å². The molecule has 1 rings (SSSR count). The second-order valence-corrected chi connectivity index (χ2v) is 6.98. The maximum Gasteiger partial charge on any atom is 0.0755 e. The number of thiophene rings is 1. The third kappa shape index (κ3) is 5.45. The predicted molar refractivity (Wildman–Crippen MR) is 74.6 cm³/mol. The fourth-order valence-corrected chi connectivity index (χ4v) is 4.06. The van der Waals surface area contributed by atoms with Crippen molar-refractivity contribution in [1.29, 1.82) is 0 Å². The predicted octanol–water partition coefficient (Wildman–Crippen LogP) is 3.36. The van der Waals surface area contributed by atoms with Crippen molar-refractivity contribution in [3.8, 4) is 0 Å². The first-order valence-corrected chi connectivity index (χ1v) is 7.49. The van der Waals surface area contributed by atoms with Gasteiger partial charge in [-0.3, -0.25) is 0 Å². The average Bonchev–Trinajstić information content (AvgIpc) is 2.51. The summed E-state index contributed by atoms with van der Waals surface area (Å²) in [5.74, 6) is 0. The van der Waals surface area contributed by atoms with Crippen LogP contribution in [0.15, 0.2) is 13.6 Å². The Morgan fingerprint density at radius 1 is 1.27 bits per heavy atom. The zero-order chi connectivity index (χ0) is 11.1. The minimum atomic E-state index is 0.939. The highest BCUT2D eigenvalue weighted by Gasteiger charge is 2.03. The monoisotopic (exact) mass is 354 g/mol. The van der Waals surface area contributed by atoms with E-state index in [0.717, 1.165) is 26.2 Å². The van der Waals surface area contributed by atoms with E-state index in [9.17, 15) is 0 Å². The molecule has 15 heavy (non-hydrogen) atoms. The van der Waals surface area contributed by atoms with Crippen molar-refractivity contribution in [1.82, 2.24) is 10.6 Å². The van der Waals surface area contributed by atoms with Crippen molar-refractivity contribution < 1.29 is 0 Å². The van der Waals surface area contributed by atoms with Gasteiger partial charge in [0.05, 0.1) is 7.57 Å². The van der Waals surface area contributed by atoms with Crippen LogP contribution in [0.5, 0.6) is 0 Å². The lowest BCUT2D eigenvalue weighted by molar-refractivity contribution is 0.606. The van der Waals surface area contributed by atoms with E-state index in [-0.39, 0.29) is 0 Å². The summed E-state index contributed by atoms with van der Waals surface area (Å²) in [4.78, 5) is 0. The lowest BCUT2D eigenvalue weighted by atomic mass is 10.3. The van der Waals surface area contributed by atoms with E-state index in [1.54, 1.807) is 11.3 Å². The van der Waals surface area contributed by atoms with Crippen molar-refractivity contribution >= 4 is 43.2 Å². The van der Waals surface area contributed by atoms with Gasteiger partial charge in [-0.15, -0.1) is 11.3 Å². The standard InChI is InChI=1S/C10H16Br2N2S/c1-2-13-4-3-5-14-7-8-6-9(11)15-10(8)12/h6,13-14H,2-5,7H2,1H3. The smallest absolute Gasteiger partial charge is 0.0755 e. The molecule has 0 aliphatic carbocycles. The molecule has 2 N–H and O–H groups in total. The van der Waals surface area contributed by atoms with Gasteiger partial charge in [0.2, 0.25) is 0 Å². The fourth-order valence-electron chi connectivity index (χ4n) is 1.23. The number of hydrogen-bond donors (Lipinski definition) is 2. The Balaban J connectivity index is 2.12. The molecule has 0 aliphatic heterocycles. The summed E-state index contributed by atoms with van der Waals surface area (Å²) >= 11 is 8.75. The van der Waals surface area contributed by atoms with Crippen LogP contribution in [0.1, 0.15) is 18.9 Å². The van der Waals surface area contributed by atoms with Gasteiger partial charge in [0, 0.05) is 6.54 Å². The van der Waals surface area contributed by atoms with E-state index in [1.165, 1.54) is 19.6 Å². The minimum absolute atomic E-state index is 0.939. The van der Waals surface area contributed by atoms with Crippen LogP contribution in [0, 0.1) is 0 Å². The van der Waals surface area contributed by atoms with Crippen molar-refractivity contribution in [3.63, 3.8) is 0 Å². The highest BCUT2D eigenvalue weighted by molar-refractivity contribution is 9.12. The number of rotatable bonds is 7. The van der Waals surface area contributed by atoms with Gasteiger partial charge in [0.1, 0.15) is 0 Å². The van der Waals surface area contributed by atoms with Crippen LogP contribution in [0.25, 0.3) is 0 Å². The first kappa shape index (κ1) is 13.6. The fraction of sp³-hybridized carbons (Fsp3) is 0.600. The molecule has 86 valence electrons. The van der Waals surface area contributed by atoms with Crippen LogP contribution in [0.2, 0.25) is 0 Å². The zero-order valence-corrected chi connectivity index (χ0v) is 12.8. The maximum atomic E-state index is 3.55. The molecule has 0 amide bonds. The normalized spacial score (nSPS) is 10.9. The van der Waals surface area contributed by atoms with Crippen molar-refractivity contribution in [3.05, 3.63) is 19.2 Å². The Labute approximate surface area is 112 Å². The highest BCUT2D eigenvalue weighted by Crippen LogP contribution is 2.31. The molecule has 1 aromatic rings. The molecule has 0 radical (unpaired) electrons. The summed E-state index contributed by atoms with van der Waals surface area (Å²) in [7, 11) is 0. The van der Waals surface area contributed by atoms with Crippen LogP contribution in [-0.4, -0.2) is 19.6 Å². The molecule has 0 spiro atoms. The Hall–Kier alpha value is 0.580. The summed E-state index contributed by atoms with van der Waals surface area (Å²) in [6.07, 6.45) is 1.18. The third-order valence-corrected chi connectivity index (χ3v) is 4.46. The topological polar surface area (TPSA) is 24.1 Å². The maximum absolute atomic E-state index is 3.55. The third-order valence-electron chi connectivity index (χ3n) is 2.00. The van der Waals surface area contributed by atoms with Crippen molar-refractivity contribution in [2.24, 2.45) is 0 Å².